The summed E-state index contributed by atoms with van der Waals surface area (Å²) in [6, 6.07) is 6.52. The van der Waals surface area contributed by atoms with E-state index in [1.807, 2.05) is 6.92 Å². The number of benzene rings is 1. The Morgan fingerprint density at radius 3 is 2.74 bits per heavy atom. The standard InChI is InChI=1S/C12H12ClNO3S2/c1-8-2-3-10(9(13)6-8)14-19(16,17)12-4-5-18-11(12)7-15/h2-6,14-15H,7H2,1H3. The summed E-state index contributed by atoms with van der Waals surface area (Å²) >= 11 is 7.19. The van der Waals surface area contributed by atoms with Crippen LogP contribution < -0.4 is 4.72 Å². The molecule has 0 unspecified atom stereocenters. The zero-order valence-electron chi connectivity index (χ0n) is 10.1. The number of aliphatic hydroxyl groups excluding tert-OH is 1. The molecule has 7 heteroatoms. The van der Waals surface area contributed by atoms with E-state index in [-0.39, 0.29) is 11.5 Å². The highest BCUT2D eigenvalue weighted by Crippen LogP contribution is 2.28. The lowest BCUT2D eigenvalue weighted by atomic mass is 10.2. The van der Waals surface area contributed by atoms with E-state index < -0.39 is 10.0 Å². The fourth-order valence-corrected chi connectivity index (χ4v) is 4.30. The molecule has 0 atom stereocenters. The average molecular weight is 318 g/mol. The molecule has 1 heterocycles. The molecule has 0 aliphatic rings. The second kappa shape index (κ2) is 5.50. The minimum Gasteiger partial charge on any atom is -0.391 e. The Kier molecular flexibility index (Phi) is 4.15. The van der Waals surface area contributed by atoms with Crippen molar-refractivity contribution in [3.63, 3.8) is 0 Å². The largest absolute Gasteiger partial charge is 0.391 e. The van der Waals surface area contributed by atoms with Crippen molar-refractivity contribution in [2.24, 2.45) is 0 Å². The molecule has 0 amide bonds. The monoisotopic (exact) mass is 317 g/mol. The molecule has 0 aliphatic carbocycles. The van der Waals surface area contributed by atoms with E-state index in [1.165, 1.54) is 17.4 Å². The van der Waals surface area contributed by atoms with E-state index in [1.54, 1.807) is 23.6 Å². The van der Waals surface area contributed by atoms with Gasteiger partial charge in [0.05, 0.1) is 22.2 Å². The van der Waals surface area contributed by atoms with Crippen LogP contribution in [0.4, 0.5) is 5.69 Å². The predicted octanol–water partition coefficient (Wildman–Crippen LogP) is 3.00. The molecule has 1 aromatic heterocycles. The van der Waals surface area contributed by atoms with Gasteiger partial charge in [-0.15, -0.1) is 11.3 Å². The van der Waals surface area contributed by atoms with Crippen LogP contribution in [0.25, 0.3) is 0 Å². The summed E-state index contributed by atoms with van der Waals surface area (Å²) in [5, 5.41) is 11.1. The van der Waals surface area contributed by atoms with Gasteiger partial charge in [0.2, 0.25) is 0 Å². The van der Waals surface area contributed by atoms with Gasteiger partial charge in [-0.1, -0.05) is 17.7 Å². The molecule has 0 fully saturated rings. The number of sulfonamides is 1. The number of nitrogens with one attached hydrogen (secondary N) is 1. The van der Waals surface area contributed by atoms with Gasteiger partial charge >= 0.3 is 0 Å². The summed E-state index contributed by atoms with van der Waals surface area (Å²) in [7, 11) is -3.73. The second-order valence-electron chi connectivity index (χ2n) is 3.95. The first-order chi connectivity index (χ1) is 8.94. The molecule has 4 nitrogen and oxygen atoms in total. The van der Waals surface area contributed by atoms with Gasteiger partial charge in [0.25, 0.3) is 10.0 Å². The third-order valence-electron chi connectivity index (χ3n) is 2.51. The molecule has 0 bridgehead atoms. The minimum absolute atomic E-state index is 0.0802. The van der Waals surface area contributed by atoms with Crippen molar-refractivity contribution in [3.8, 4) is 0 Å². The second-order valence-corrected chi connectivity index (χ2v) is 7.01. The molecule has 2 N–H and O–H groups in total. The molecule has 1 aromatic carbocycles. The van der Waals surface area contributed by atoms with E-state index in [9.17, 15) is 8.42 Å². The quantitative estimate of drug-likeness (QED) is 0.911. The van der Waals surface area contributed by atoms with Gasteiger partial charge in [0, 0.05) is 0 Å². The number of rotatable bonds is 4. The number of aryl methyl sites for hydroxylation is 1. The van der Waals surface area contributed by atoms with E-state index >= 15 is 0 Å². The van der Waals surface area contributed by atoms with Crippen LogP contribution in [0.3, 0.4) is 0 Å². The van der Waals surface area contributed by atoms with Crippen molar-refractivity contribution in [1.82, 2.24) is 0 Å². The summed E-state index contributed by atoms with van der Waals surface area (Å²) in [4.78, 5) is 0.479. The molecular weight excluding hydrogens is 306 g/mol. The SMILES string of the molecule is Cc1ccc(NS(=O)(=O)c2ccsc2CO)c(Cl)c1. The van der Waals surface area contributed by atoms with Crippen molar-refractivity contribution < 1.29 is 13.5 Å². The van der Waals surface area contributed by atoms with Crippen molar-refractivity contribution in [3.05, 3.63) is 45.1 Å². The first-order valence-electron chi connectivity index (χ1n) is 5.40. The van der Waals surface area contributed by atoms with Crippen molar-refractivity contribution >= 4 is 38.6 Å². The third-order valence-corrected chi connectivity index (χ3v) is 5.30. The maximum absolute atomic E-state index is 12.2. The van der Waals surface area contributed by atoms with Crippen LogP contribution in [0, 0.1) is 6.92 Å². The van der Waals surface area contributed by atoms with Gasteiger partial charge in [0.1, 0.15) is 4.90 Å². The van der Waals surface area contributed by atoms with Gasteiger partial charge in [0.15, 0.2) is 0 Å². The Balaban J connectivity index is 2.37. The normalized spacial score (nSPS) is 11.5. The van der Waals surface area contributed by atoms with Gasteiger partial charge in [-0.25, -0.2) is 8.42 Å². The topological polar surface area (TPSA) is 66.4 Å². The smallest absolute Gasteiger partial charge is 0.263 e. The van der Waals surface area contributed by atoms with E-state index in [0.717, 1.165) is 5.56 Å². The van der Waals surface area contributed by atoms with Crippen LogP contribution in [0.2, 0.25) is 5.02 Å². The number of aliphatic hydroxyl groups is 1. The maximum Gasteiger partial charge on any atom is 0.263 e. The van der Waals surface area contributed by atoms with Crippen molar-refractivity contribution in [2.75, 3.05) is 4.72 Å². The van der Waals surface area contributed by atoms with Gasteiger partial charge in [-0.2, -0.15) is 0 Å². The first kappa shape index (κ1) is 14.3. The fourth-order valence-electron chi connectivity index (χ4n) is 1.59. The van der Waals surface area contributed by atoms with Crippen molar-refractivity contribution in [1.29, 1.82) is 0 Å². The number of thiophene rings is 1. The third kappa shape index (κ3) is 3.09. The first-order valence-corrected chi connectivity index (χ1v) is 8.14. The molecule has 0 saturated carbocycles. The lowest BCUT2D eigenvalue weighted by Gasteiger charge is -2.10. The predicted molar refractivity (Wildman–Crippen MR) is 77.2 cm³/mol. The Morgan fingerprint density at radius 2 is 2.11 bits per heavy atom. The maximum atomic E-state index is 12.2. The molecule has 0 aliphatic heterocycles. The molecular formula is C12H12ClNO3S2. The Morgan fingerprint density at radius 1 is 1.37 bits per heavy atom. The molecule has 2 rings (SSSR count). The molecule has 2 aromatic rings. The lowest BCUT2D eigenvalue weighted by molar-refractivity contribution is 0.282. The lowest BCUT2D eigenvalue weighted by Crippen LogP contribution is -2.14. The summed E-state index contributed by atoms with van der Waals surface area (Å²) in [5.74, 6) is 0. The van der Waals surface area contributed by atoms with Gasteiger partial charge < -0.3 is 5.11 Å². The van der Waals surface area contributed by atoms with Gasteiger partial charge in [-0.3, -0.25) is 4.72 Å². The number of hydrogen-bond donors (Lipinski definition) is 2. The Hall–Kier alpha value is -1.08. The van der Waals surface area contributed by atoms with Crippen LogP contribution >= 0.6 is 22.9 Å². The highest BCUT2D eigenvalue weighted by atomic mass is 35.5. The van der Waals surface area contributed by atoms with Crippen LogP contribution in [-0.2, 0) is 16.6 Å². The van der Waals surface area contributed by atoms with E-state index in [2.05, 4.69) is 4.72 Å². The highest BCUT2D eigenvalue weighted by molar-refractivity contribution is 7.93. The summed E-state index contributed by atoms with van der Waals surface area (Å²) in [6.07, 6.45) is 0. The van der Waals surface area contributed by atoms with E-state index in [0.29, 0.717) is 15.6 Å². The van der Waals surface area contributed by atoms with Gasteiger partial charge in [-0.05, 0) is 36.1 Å². The molecule has 19 heavy (non-hydrogen) atoms. The summed E-state index contributed by atoms with van der Waals surface area (Å²) in [5.41, 5.74) is 1.27. The van der Waals surface area contributed by atoms with Crippen LogP contribution in [0.15, 0.2) is 34.5 Å². The molecule has 0 spiro atoms. The van der Waals surface area contributed by atoms with Crippen LogP contribution in [0.1, 0.15) is 10.4 Å². The number of hydrogen-bond acceptors (Lipinski definition) is 4. The number of anilines is 1. The summed E-state index contributed by atoms with van der Waals surface area (Å²) in [6.45, 7) is 1.56. The zero-order valence-corrected chi connectivity index (χ0v) is 12.4. The molecule has 0 radical (unpaired) electrons. The Labute approximate surface area is 120 Å². The zero-order chi connectivity index (χ0) is 14.0. The molecule has 102 valence electrons. The van der Waals surface area contributed by atoms with Crippen LogP contribution in [0.5, 0.6) is 0 Å². The average Bonchev–Trinajstić information content (AvgIpc) is 2.82. The fraction of sp³-hybridized carbons (Fsp3) is 0.167. The minimum atomic E-state index is -3.73. The van der Waals surface area contributed by atoms with E-state index in [4.69, 9.17) is 16.7 Å². The molecule has 0 saturated heterocycles. The van der Waals surface area contributed by atoms with Crippen molar-refractivity contribution in [2.45, 2.75) is 18.4 Å². The Bertz CT molecular complexity index is 695. The number of halogens is 1. The highest BCUT2D eigenvalue weighted by Gasteiger charge is 2.20. The van der Waals surface area contributed by atoms with Crippen LogP contribution in [-0.4, -0.2) is 13.5 Å². The summed E-state index contributed by atoms with van der Waals surface area (Å²) < 4.78 is 26.8.